The highest BCUT2D eigenvalue weighted by molar-refractivity contribution is 7.66. The molecule has 202 valence electrons. The fourth-order valence-electron chi connectivity index (χ4n) is 2.41. The largest absolute Gasteiger partial charge is 0.490 e. The zero-order valence-corrected chi connectivity index (χ0v) is 21.8. The number of imidazole rings is 1. The van der Waals surface area contributed by atoms with Crippen LogP contribution in [0.5, 0.6) is 0 Å². The second-order valence-electron chi connectivity index (χ2n) is 6.42. The first-order valence-electron chi connectivity index (χ1n) is 9.92. The Kier molecular flexibility index (Phi) is 12.3. The van der Waals surface area contributed by atoms with E-state index in [0.717, 1.165) is 0 Å². The van der Waals surface area contributed by atoms with Gasteiger partial charge in [0.25, 0.3) is 5.56 Å². The quantitative estimate of drug-likeness (QED) is 0.141. The van der Waals surface area contributed by atoms with Crippen LogP contribution in [0.4, 0.5) is 5.95 Å². The molecule has 0 radical (unpaired) electrons. The number of nitrogens with two attached hydrogens (primary N) is 1. The number of anilines is 1. The molecule has 0 spiro atoms. The molecule has 2 unspecified atom stereocenters. The molecule has 2 aromatic heterocycles. The van der Waals surface area contributed by atoms with E-state index >= 15 is 0 Å². The average Bonchev–Trinajstić information content (AvgIpc) is 3.10. The van der Waals surface area contributed by atoms with Gasteiger partial charge in [-0.25, -0.2) is 18.7 Å². The SMILES string of the molecule is CCN(CC)CC.Nc1nc2c(ncn2COCCOP(=O)(O)OP(=O)(O)OP(=O)(O)O)c(=O)[nH]1. The lowest BCUT2D eigenvalue weighted by Gasteiger charge is -2.16. The van der Waals surface area contributed by atoms with Gasteiger partial charge in [0.1, 0.15) is 6.73 Å². The summed E-state index contributed by atoms with van der Waals surface area (Å²) in [6.07, 6.45) is 1.23. The molecule has 21 heteroatoms. The number of aromatic nitrogens is 4. The number of fused-ring (bicyclic) bond motifs is 1. The van der Waals surface area contributed by atoms with Crippen molar-refractivity contribution in [3.8, 4) is 0 Å². The lowest BCUT2D eigenvalue weighted by atomic mass is 10.5. The van der Waals surface area contributed by atoms with Crippen LogP contribution in [0.2, 0.25) is 0 Å². The number of phosphoric acid groups is 3. The number of H-pyrrole nitrogens is 1. The van der Waals surface area contributed by atoms with Crippen molar-refractivity contribution in [2.24, 2.45) is 0 Å². The summed E-state index contributed by atoms with van der Waals surface area (Å²) in [6, 6.07) is 0. The molecule has 0 bridgehead atoms. The second kappa shape index (κ2) is 13.7. The van der Waals surface area contributed by atoms with Crippen molar-refractivity contribution in [1.29, 1.82) is 0 Å². The van der Waals surface area contributed by atoms with Gasteiger partial charge in [0, 0.05) is 0 Å². The number of phosphoric ester groups is 1. The molecule has 0 fully saturated rings. The van der Waals surface area contributed by atoms with Gasteiger partial charge >= 0.3 is 23.5 Å². The van der Waals surface area contributed by atoms with E-state index in [9.17, 15) is 23.4 Å². The number of aromatic amines is 1. The van der Waals surface area contributed by atoms with Gasteiger partial charge in [0.15, 0.2) is 11.2 Å². The molecule has 2 heterocycles. The molecule has 0 aliphatic carbocycles. The Hall–Kier alpha value is -1.52. The first-order valence-corrected chi connectivity index (χ1v) is 14.4. The van der Waals surface area contributed by atoms with E-state index in [1.54, 1.807) is 0 Å². The molecule has 7 N–H and O–H groups in total. The van der Waals surface area contributed by atoms with Gasteiger partial charge in [-0.15, -0.1) is 0 Å². The molecule has 0 aromatic carbocycles. The molecule has 0 saturated heterocycles. The summed E-state index contributed by atoms with van der Waals surface area (Å²) in [7, 11) is -16.2. The summed E-state index contributed by atoms with van der Waals surface area (Å²) < 4.78 is 50.9. The zero-order valence-electron chi connectivity index (χ0n) is 19.1. The van der Waals surface area contributed by atoms with Gasteiger partial charge < -0.3 is 34.9 Å². The predicted molar refractivity (Wildman–Crippen MR) is 122 cm³/mol. The number of hydrogen-bond acceptors (Lipinski definition) is 12. The zero-order chi connectivity index (χ0) is 26.9. The second-order valence-corrected chi connectivity index (χ2v) is 10.8. The van der Waals surface area contributed by atoms with Crippen molar-refractivity contribution in [2.75, 3.05) is 38.6 Å². The van der Waals surface area contributed by atoms with Gasteiger partial charge in [0.05, 0.1) is 19.5 Å². The maximum atomic E-state index is 11.6. The van der Waals surface area contributed by atoms with Crippen LogP contribution < -0.4 is 11.3 Å². The van der Waals surface area contributed by atoms with E-state index in [1.807, 2.05) is 0 Å². The molecule has 18 nitrogen and oxygen atoms in total. The number of hydrogen-bond donors (Lipinski definition) is 6. The molecular formula is C14H29N6O12P3. The fourth-order valence-corrected chi connectivity index (χ4v) is 5.41. The molecule has 2 aromatic rings. The molecule has 2 atom stereocenters. The summed E-state index contributed by atoms with van der Waals surface area (Å²) in [5.74, 6) is -0.146. The highest BCUT2D eigenvalue weighted by Gasteiger charge is 2.40. The van der Waals surface area contributed by atoms with Crippen molar-refractivity contribution < 1.29 is 51.2 Å². The Bertz CT molecular complexity index is 1140. The van der Waals surface area contributed by atoms with Gasteiger partial charge in [-0.05, 0) is 19.6 Å². The Morgan fingerprint density at radius 3 is 2.14 bits per heavy atom. The standard InChI is InChI=1S/C8H14N5O12P3.C6H15N/c9-8-11-6-5(7(14)12-8)10-3-13(6)4-22-1-2-23-27(18,19)25-28(20,21)24-26(15,16)17;1-4-7(5-2)6-3/h3H,1-2,4H2,(H,18,19)(H,20,21)(H2,15,16,17)(H3,9,11,12,14);4-6H2,1-3H3. The Balaban J connectivity index is 0.000000762. The van der Waals surface area contributed by atoms with E-state index in [2.05, 4.69) is 53.8 Å². The summed E-state index contributed by atoms with van der Waals surface area (Å²) in [5, 5.41) is 0. The third kappa shape index (κ3) is 11.8. The van der Waals surface area contributed by atoms with E-state index < -0.39 is 35.6 Å². The Morgan fingerprint density at radius 2 is 1.63 bits per heavy atom. The number of nitrogen functional groups attached to an aromatic ring is 1. The third-order valence-electron chi connectivity index (χ3n) is 3.96. The fraction of sp³-hybridized carbons (Fsp3) is 0.643. The van der Waals surface area contributed by atoms with Gasteiger partial charge in [-0.3, -0.25) is 18.9 Å². The third-order valence-corrected chi connectivity index (χ3v) is 7.80. The summed E-state index contributed by atoms with van der Waals surface area (Å²) in [6.45, 7) is 8.93. The van der Waals surface area contributed by atoms with Crippen molar-refractivity contribution >= 4 is 40.6 Å². The van der Waals surface area contributed by atoms with Crippen LogP contribution in [0, 0.1) is 0 Å². The summed E-state index contributed by atoms with van der Waals surface area (Å²) in [5.41, 5.74) is 4.99. The predicted octanol–water partition coefficient (Wildman–Crippen LogP) is 0.367. The average molecular weight is 566 g/mol. The van der Waals surface area contributed by atoms with Crippen molar-refractivity contribution in [3.05, 3.63) is 16.7 Å². The van der Waals surface area contributed by atoms with Crippen LogP contribution in [-0.4, -0.2) is 76.8 Å². The van der Waals surface area contributed by atoms with Crippen LogP contribution in [-0.2, 0) is 38.3 Å². The van der Waals surface area contributed by atoms with Crippen LogP contribution in [0.1, 0.15) is 20.8 Å². The monoisotopic (exact) mass is 566 g/mol. The lowest BCUT2D eigenvalue weighted by Crippen LogP contribution is -2.21. The minimum absolute atomic E-state index is 0.00561. The number of ether oxygens (including phenoxy) is 1. The van der Waals surface area contributed by atoms with Crippen molar-refractivity contribution in [2.45, 2.75) is 27.5 Å². The minimum Gasteiger partial charge on any atom is -0.369 e. The van der Waals surface area contributed by atoms with E-state index in [0.29, 0.717) is 0 Å². The van der Waals surface area contributed by atoms with E-state index in [-0.39, 0.29) is 30.4 Å². The Labute approximate surface area is 199 Å². The number of nitrogens with zero attached hydrogens (tertiary/aromatic N) is 4. The van der Waals surface area contributed by atoms with Crippen LogP contribution in [0.3, 0.4) is 0 Å². The number of nitrogens with one attached hydrogen (secondary N) is 1. The normalized spacial score (nSPS) is 15.4. The lowest BCUT2D eigenvalue weighted by molar-refractivity contribution is 0.0471. The topological polar surface area (TPSA) is 262 Å². The van der Waals surface area contributed by atoms with Gasteiger partial charge in [0.2, 0.25) is 5.95 Å². The molecule has 0 aliphatic rings. The minimum atomic E-state index is -5.57. The van der Waals surface area contributed by atoms with Crippen molar-refractivity contribution in [1.82, 2.24) is 24.4 Å². The molecule has 0 saturated carbocycles. The van der Waals surface area contributed by atoms with E-state index in [1.165, 1.54) is 30.5 Å². The summed E-state index contributed by atoms with van der Waals surface area (Å²) >= 11 is 0. The number of rotatable bonds is 13. The molecule has 35 heavy (non-hydrogen) atoms. The maximum absolute atomic E-state index is 11.6. The van der Waals surface area contributed by atoms with E-state index in [4.69, 9.17) is 25.2 Å². The van der Waals surface area contributed by atoms with Crippen molar-refractivity contribution in [3.63, 3.8) is 0 Å². The molecule has 2 rings (SSSR count). The molecule has 0 amide bonds. The summed E-state index contributed by atoms with van der Waals surface area (Å²) in [4.78, 5) is 59.0. The van der Waals surface area contributed by atoms with Gasteiger partial charge in [-0.2, -0.15) is 13.6 Å². The highest BCUT2D eigenvalue weighted by atomic mass is 31.3. The first kappa shape index (κ1) is 31.5. The highest BCUT2D eigenvalue weighted by Crippen LogP contribution is 2.66. The smallest absolute Gasteiger partial charge is 0.369 e. The van der Waals surface area contributed by atoms with Crippen LogP contribution >= 0.6 is 23.5 Å². The van der Waals surface area contributed by atoms with Gasteiger partial charge in [-0.1, -0.05) is 20.8 Å². The van der Waals surface area contributed by atoms with Crippen LogP contribution in [0.25, 0.3) is 11.2 Å². The van der Waals surface area contributed by atoms with Crippen LogP contribution in [0.15, 0.2) is 11.1 Å². The molecule has 0 aliphatic heterocycles. The maximum Gasteiger partial charge on any atom is 0.490 e. The Morgan fingerprint density at radius 1 is 1.03 bits per heavy atom. The molecular weight excluding hydrogens is 537 g/mol. The first-order chi connectivity index (χ1) is 16.1.